The van der Waals surface area contributed by atoms with Crippen molar-refractivity contribution in [2.75, 3.05) is 19.3 Å². The van der Waals surface area contributed by atoms with Crippen molar-refractivity contribution in [2.24, 2.45) is 5.92 Å². The number of benzene rings is 1. The van der Waals surface area contributed by atoms with Gasteiger partial charge in [0.2, 0.25) is 5.91 Å². The lowest BCUT2D eigenvalue weighted by Gasteiger charge is -2.18. The second-order valence-corrected chi connectivity index (χ2v) is 9.71. The molecule has 1 aromatic carbocycles. The minimum Gasteiger partial charge on any atom is -0.486 e. The maximum absolute atomic E-state index is 12.4. The topological polar surface area (TPSA) is 106 Å². The van der Waals surface area contributed by atoms with Gasteiger partial charge < -0.3 is 19.4 Å². The summed E-state index contributed by atoms with van der Waals surface area (Å²) in [4.78, 5) is 26.5. The number of sulfone groups is 1. The summed E-state index contributed by atoms with van der Waals surface area (Å²) in [5, 5.41) is 2.90. The Kier molecular flexibility index (Phi) is 6.50. The Morgan fingerprint density at radius 2 is 1.90 bits per heavy atom. The Morgan fingerprint density at radius 1 is 1.20 bits per heavy atom. The SMILES string of the molecule is CC(C)C(=O)N1CCC(NC(=O)c2ccc(COc3ccc(S(C)(=O)=O)cc3)o2)C1. The maximum atomic E-state index is 12.4. The van der Waals surface area contributed by atoms with Crippen molar-refractivity contribution < 1.29 is 27.2 Å². The first-order valence-corrected chi connectivity index (χ1v) is 11.6. The largest absolute Gasteiger partial charge is 0.486 e. The molecule has 0 bridgehead atoms. The lowest BCUT2D eigenvalue weighted by atomic mass is 10.2. The lowest BCUT2D eigenvalue weighted by Crippen LogP contribution is -2.39. The number of hydrogen-bond acceptors (Lipinski definition) is 6. The summed E-state index contributed by atoms with van der Waals surface area (Å²) in [6, 6.07) is 9.21. The third kappa shape index (κ3) is 5.41. The van der Waals surface area contributed by atoms with Crippen LogP contribution in [0.4, 0.5) is 0 Å². The van der Waals surface area contributed by atoms with Gasteiger partial charge in [-0.05, 0) is 42.8 Å². The summed E-state index contributed by atoms with van der Waals surface area (Å²) in [5.41, 5.74) is 0. The Balaban J connectivity index is 1.51. The van der Waals surface area contributed by atoms with Crippen LogP contribution in [0.25, 0.3) is 0 Å². The number of ether oxygens (including phenoxy) is 1. The third-order valence-corrected chi connectivity index (χ3v) is 5.98. The summed E-state index contributed by atoms with van der Waals surface area (Å²) in [6.45, 7) is 4.97. The van der Waals surface area contributed by atoms with Crippen molar-refractivity contribution in [1.82, 2.24) is 10.2 Å². The number of carbonyl (C=O) groups is 2. The number of likely N-dealkylation sites (tertiary alicyclic amines) is 1. The van der Waals surface area contributed by atoms with Crippen LogP contribution in [0.2, 0.25) is 0 Å². The molecule has 0 saturated carbocycles. The number of rotatable bonds is 7. The van der Waals surface area contributed by atoms with Gasteiger partial charge in [0.1, 0.15) is 18.1 Å². The number of nitrogens with zero attached hydrogens (tertiary/aromatic N) is 1. The van der Waals surface area contributed by atoms with Crippen LogP contribution in [0.5, 0.6) is 5.75 Å². The van der Waals surface area contributed by atoms with Crippen LogP contribution in [0.15, 0.2) is 45.7 Å². The Morgan fingerprint density at radius 3 is 2.53 bits per heavy atom. The number of furan rings is 1. The minimum absolute atomic E-state index is 0.0605. The van der Waals surface area contributed by atoms with Crippen LogP contribution >= 0.6 is 0 Å². The molecule has 8 nitrogen and oxygen atoms in total. The highest BCUT2D eigenvalue weighted by Crippen LogP contribution is 2.18. The number of hydrogen-bond donors (Lipinski definition) is 1. The van der Waals surface area contributed by atoms with Crippen molar-refractivity contribution in [3.05, 3.63) is 47.9 Å². The molecule has 1 atom stereocenters. The molecule has 0 spiro atoms. The smallest absolute Gasteiger partial charge is 0.287 e. The van der Waals surface area contributed by atoms with E-state index < -0.39 is 9.84 Å². The van der Waals surface area contributed by atoms with Crippen LogP contribution < -0.4 is 10.1 Å². The minimum atomic E-state index is -3.26. The van der Waals surface area contributed by atoms with Crippen molar-refractivity contribution in [2.45, 2.75) is 37.8 Å². The van der Waals surface area contributed by atoms with E-state index in [9.17, 15) is 18.0 Å². The van der Waals surface area contributed by atoms with Crippen LogP contribution in [0, 0.1) is 5.92 Å². The molecule has 2 aromatic rings. The Bertz CT molecular complexity index is 1010. The highest BCUT2D eigenvalue weighted by molar-refractivity contribution is 7.90. The molecule has 1 saturated heterocycles. The van der Waals surface area contributed by atoms with E-state index in [-0.39, 0.29) is 41.0 Å². The van der Waals surface area contributed by atoms with E-state index in [1.54, 1.807) is 29.2 Å². The van der Waals surface area contributed by atoms with Gasteiger partial charge in [-0.15, -0.1) is 0 Å². The normalized spacial score (nSPS) is 16.7. The van der Waals surface area contributed by atoms with Gasteiger partial charge in [-0.25, -0.2) is 8.42 Å². The van der Waals surface area contributed by atoms with Crippen LogP contribution in [-0.4, -0.2) is 50.5 Å². The second kappa shape index (κ2) is 8.91. The molecule has 0 radical (unpaired) electrons. The summed E-state index contributed by atoms with van der Waals surface area (Å²) < 4.78 is 34.1. The summed E-state index contributed by atoms with van der Waals surface area (Å²) in [7, 11) is -3.26. The first-order chi connectivity index (χ1) is 14.1. The summed E-state index contributed by atoms with van der Waals surface area (Å²) >= 11 is 0. The highest BCUT2D eigenvalue weighted by atomic mass is 32.2. The van der Waals surface area contributed by atoms with Gasteiger partial charge in [-0.2, -0.15) is 0 Å². The monoisotopic (exact) mass is 434 g/mol. The molecular formula is C21H26N2O6S. The molecule has 1 fully saturated rings. The van der Waals surface area contributed by atoms with Gasteiger partial charge in [0.05, 0.1) is 4.90 Å². The zero-order valence-electron chi connectivity index (χ0n) is 17.3. The molecule has 30 heavy (non-hydrogen) atoms. The molecule has 0 aliphatic carbocycles. The predicted octanol–water partition coefficient (Wildman–Crippen LogP) is 2.25. The maximum Gasteiger partial charge on any atom is 0.287 e. The number of carbonyl (C=O) groups excluding carboxylic acids is 2. The van der Waals surface area contributed by atoms with E-state index in [0.29, 0.717) is 31.0 Å². The van der Waals surface area contributed by atoms with Gasteiger partial charge in [0.15, 0.2) is 15.6 Å². The van der Waals surface area contributed by atoms with Gasteiger partial charge in [0, 0.05) is 31.3 Å². The molecule has 1 aromatic heterocycles. The number of nitrogens with one attached hydrogen (secondary N) is 1. The summed E-state index contributed by atoms with van der Waals surface area (Å²) in [6.07, 6.45) is 1.86. The first kappa shape index (κ1) is 21.9. The average Bonchev–Trinajstić information content (AvgIpc) is 3.35. The highest BCUT2D eigenvalue weighted by Gasteiger charge is 2.29. The van der Waals surface area contributed by atoms with Crippen LogP contribution in [0.1, 0.15) is 36.6 Å². The van der Waals surface area contributed by atoms with Gasteiger partial charge >= 0.3 is 0 Å². The quantitative estimate of drug-likeness (QED) is 0.716. The van der Waals surface area contributed by atoms with E-state index in [4.69, 9.17) is 9.15 Å². The standard InChI is InChI=1S/C21H26N2O6S/c1-14(2)21(25)23-11-10-15(12-23)22-20(24)19-9-6-17(29-19)13-28-16-4-7-18(8-5-16)30(3,26)27/h4-9,14-15H,10-13H2,1-3H3,(H,22,24). The molecule has 1 N–H and O–H groups in total. The molecule has 1 unspecified atom stereocenters. The molecule has 2 heterocycles. The molecular weight excluding hydrogens is 408 g/mol. The predicted molar refractivity (Wildman–Crippen MR) is 110 cm³/mol. The zero-order valence-corrected chi connectivity index (χ0v) is 18.1. The number of amides is 2. The van der Waals surface area contributed by atoms with Crippen molar-refractivity contribution in [3.63, 3.8) is 0 Å². The van der Waals surface area contributed by atoms with Crippen molar-refractivity contribution >= 4 is 21.7 Å². The van der Waals surface area contributed by atoms with Gasteiger partial charge in [-0.1, -0.05) is 13.8 Å². The van der Waals surface area contributed by atoms with Crippen molar-refractivity contribution in [3.8, 4) is 5.75 Å². The molecule has 3 rings (SSSR count). The average molecular weight is 435 g/mol. The molecule has 1 aliphatic rings. The lowest BCUT2D eigenvalue weighted by molar-refractivity contribution is -0.133. The van der Waals surface area contributed by atoms with Gasteiger partial charge in [-0.3, -0.25) is 9.59 Å². The van der Waals surface area contributed by atoms with E-state index in [1.165, 1.54) is 12.1 Å². The molecule has 2 amide bonds. The summed E-state index contributed by atoms with van der Waals surface area (Å²) in [5.74, 6) is 0.835. The van der Waals surface area contributed by atoms with E-state index in [1.807, 2.05) is 13.8 Å². The zero-order chi connectivity index (χ0) is 21.9. The van der Waals surface area contributed by atoms with E-state index in [2.05, 4.69) is 5.32 Å². The molecule has 9 heteroatoms. The van der Waals surface area contributed by atoms with E-state index >= 15 is 0 Å². The molecule has 162 valence electrons. The fraction of sp³-hybridized carbons (Fsp3) is 0.429. The van der Waals surface area contributed by atoms with Crippen LogP contribution in [0.3, 0.4) is 0 Å². The van der Waals surface area contributed by atoms with Crippen LogP contribution in [-0.2, 0) is 21.2 Å². The molecule has 1 aliphatic heterocycles. The third-order valence-electron chi connectivity index (χ3n) is 4.85. The van der Waals surface area contributed by atoms with E-state index in [0.717, 1.165) is 6.26 Å². The Labute approximate surface area is 176 Å². The fourth-order valence-corrected chi connectivity index (χ4v) is 3.85. The van der Waals surface area contributed by atoms with Gasteiger partial charge in [0.25, 0.3) is 5.91 Å². The second-order valence-electron chi connectivity index (χ2n) is 7.70. The fourth-order valence-electron chi connectivity index (χ4n) is 3.21. The van der Waals surface area contributed by atoms with Crippen molar-refractivity contribution in [1.29, 1.82) is 0 Å². The Hall–Kier alpha value is -2.81. The first-order valence-electron chi connectivity index (χ1n) is 9.75.